The zero-order chi connectivity index (χ0) is 27.2. The van der Waals surface area contributed by atoms with Gasteiger partial charge in [-0.1, -0.05) is 66.7 Å². The number of hydrogen-bond acceptors (Lipinski definition) is 9. The Bertz CT molecular complexity index is 1430. The van der Waals surface area contributed by atoms with Crippen LogP contribution in [0.15, 0.2) is 79.1 Å². The zero-order valence-electron chi connectivity index (χ0n) is 21.7. The molecule has 39 heavy (non-hydrogen) atoms. The Hall–Kier alpha value is -4.73. The summed E-state index contributed by atoms with van der Waals surface area (Å²) in [4.78, 5) is 37.8. The molecule has 2 heterocycles. The van der Waals surface area contributed by atoms with Crippen molar-refractivity contribution in [1.82, 2.24) is 19.5 Å². The molecule has 0 radical (unpaired) electrons. The Kier molecular flexibility index (Phi) is 7.81. The van der Waals surface area contributed by atoms with Gasteiger partial charge in [0.1, 0.15) is 6.10 Å². The van der Waals surface area contributed by atoms with Crippen molar-refractivity contribution in [2.75, 3.05) is 25.6 Å². The minimum absolute atomic E-state index is 0.0274. The van der Waals surface area contributed by atoms with Crippen LogP contribution in [0.4, 0.5) is 10.6 Å². The highest BCUT2D eigenvalue weighted by Crippen LogP contribution is 2.31. The SMILES string of the molecule is CCOC(=O)O[C@@H]1C=C[C@H](n2cnc3c(NCC(c4ccccc4)c4ccccc4)nc(C(=O)OC)nc32)C1. The van der Waals surface area contributed by atoms with Crippen LogP contribution in [0, 0.1) is 0 Å². The van der Waals surface area contributed by atoms with E-state index in [4.69, 9.17) is 14.2 Å². The van der Waals surface area contributed by atoms with E-state index < -0.39 is 18.2 Å². The van der Waals surface area contributed by atoms with Gasteiger partial charge >= 0.3 is 12.1 Å². The second-order valence-electron chi connectivity index (χ2n) is 8.99. The number of imidazole rings is 1. The van der Waals surface area contributed by atoms with Crippen molar-refractivity contribution in [1.29, 1.82) is 0 Å². The van der Waals surface area contributed by atoms with Gasteiger partial charge in [0.15, 0.2) is 17.0 Å². The summed E-state index contributed by atoms with van der Waals surface area (Å²) in [5, 5.41) is 3.42. The molecule has 0 amide bonds. The van der Waals surface area contributed by atoms with Crippen molar-refractivity contribution in [3.63, 3.8) is 0 Å². The summed E-state index contributed by atoms with van der Waals surface area (Å²) in [5.74, 6) is -0.274. The summed E-state index contributed by atoms with van der Waals surface area (Å²) in [7, 11) is 1.29. The van der Waals surface area contributed by atoms with E-state index in [0.29, 0.717) is 29.9 Å². The van der Waals surface area contributed by atoms with Gasteiger partial charge in [-0.25, -0.2) is 24.5 Å². The number of esters is 1. The van der Waals surface area contributed by atoms with Crippen LogP contribution >= 0.6 is 0 Å². The number of benzene rings is 2. The van der Waals surface area contributed by atoms with E-state index in [0.717, 1.165) is 11.1 Å². The molecule has 1 aliphatic carbocycles. The van der Waals surface area contributed by atoms with E-state index >= 15 is 0 Å². The van der Waals surface area contributed by atoms with Gasteiger partial charge in [-0.3, -0.25) is 0 Å². The molecule has 2 aromatic carbocycles. The second-order valence-corrected chi connectivity index (χ2v) is 8.99. The van der Waals surface area contributed by atoms with Crippen LogP contribution < -0.4 is 5.32 Å². The summed E-state index contributed by atoms with van der Waals surface area (Å²) in [5.41, 5.74) is 3.27. The van der Waals surface area contributed by atoms with Crippen LogP contribution in [-0.4, -0.2) is 58.0 Å². The monoisotopic (exact) mass is 527 g/mol. The molecule has 0 saturated heterocycles. The first-order valence-electron chi connectivity index (χ1n) is 12.8. The first kappa shape index (κ1) is 25.9. The van der Waals surface area contributed by atoms with Gasteiger partial charge in [0, 0.05) is 18.9 Å². The maximum atomic E-state index is 12.5. The molecule has 200 valence electrons. The van der Waals surface area contributed by atoms with E-state index in [1.807, 2.05) is 47.0 Å². The predicted octanol–water partition coefficient (Wildman–Crippen LogP) is 4.90. The van der Waals surface area contributed by atoms with Crippen LogP contribution in [0.2, 0.25) is 0 Å². The number of hydrogen-bond donors (Lipinski definition) is 1. The van der Waals surface area contributed by atoms with Gasteiger partial charge < -0.3 is 24.1 Å². The Labute approximate surface area is 225 Å². The largest absolute Gasteiger partial charge is 0.508 e. The Morgan fingerprint density at radius 3 is 2.36 bits per heavy atom. The number of ether oxygens (including phenoxy) is 3. The van der Waals surface area contributed by atoms with Crippen LogP contribution in [0.1, 0.15) is 47.1 Å². The lowest BCUT2D eigenvalue weighted by Gasteiger charge is -2.19. The highest BCUT2D eigenvalue weighted by atomic mass is 16.7. The second kappa shape index (κ2) is 11.8. The minimum Gasteiger partial charge on any atom is -0.463 e. The molecule has 1 aliphatic rings. The number of carbonyl (C=O) groups is 2. The number of carbonyl (C=O) groups excluding carboxylic acids is 2. The van der Waals surface area contributed by atoms with Crippen molar-refractivity contribution in [2.45, 2.75) is 31.4 Å². The third-order valence-electron chi connectivity index (χ3n) is 6.56. The molecule has 0 spiro atoms. The first-order valence-corrected chi connectivity index (χ1v) is 12.8. The highest BCUT2D eigenvalue weighted by molar-refractivity contribution is 5.91. The fraction of sp³-hybridized carbons (Fsp3) is 0.276. The maximum absolute atomic E-state index is 12.5. The summed E-state index contributed by atoms with van der Waals surface area (Å²) >= 11 is 0. The molecule has 0 unspecified atom stereocenters. The minimum atomic E-state index is -0.712. The van der Waals surface area contributed by atoms with Crippen molar-refractivity contribution < 1.29 is 23.8 Å². The van der Waals surface area contributed by atoms with Crippen LogP contribution in [0.25, 0.3) is 11.2 Å². The fourth-order valence-corrected chi connectivity index (χ4v) is 4.68. The lowest BCUT2D eigenvalue weighted by atomic mass is 9.91. The van der Waals surface area contributed by atoms with E-state index in [1.54, 1.807) is 19.3 Å². The van der Waals surface area contributed by atoms with Crippen LogP contribution in [-0.2, 0) is 14.2 Å². The average molecular weight is 528 g/mol. The lowest BCUT2D eigenvalue weighted by Crippen LogP contribution is -2.18. The first-order chi connectivity index (χ1) is 19.1. The molecular formula is C29H29N5O5. The molecule has 0 bridgehead atoms. The van der Waals surface area contributed by atoms with Crippen molar-refractivity contribution >= 4 is 29.1 Å². The number of rotatable bonds is 9. The summed E-state index contributed by atoms with van der Waals surface area (Å²) in [6.07, 6.45) is 4.70. The molecule has 0 aliphatic heterocycles. The standard InChI is InChI=1S/C29H29N5O5/c1-3-38-29(36)39-22-15-14-21(16-22)34-18-31-24-25(32-26(28(35)37-2)33-27(24)34)30-17-23(19-10-6-4-7-11-19)20-12-8-5-9-13-20/h4-15,18,21-23H,3,16-17H2,1-2H3,(H,30,32,33)/t21-,22+/m0/s1. The predicted molar refractivity (Wildman–Crippen MR) is 145 cm³/mol. The highest BCUT2D eigenvalue weighted by Gasteiger charge is 2.27. The number of anilines is 1. The molecule has 4 aromatic rings. The van der Waals surface area contributed by atoms with Crippen molar-refractivity contribution in [3.05, 3.63) is 96.1 Å². The molecule has 2 atom stereocenters. The third kappa shape index (κ3) is 5.74. The lowest BCUT2D eigenvalue weighted by molar-refractivity contribution is 0.0386. The van der Waals surface area contributed by atoms with Gasteiger partial charge in [-0.2, -0.15) is 0 Å². The van der Waals surface area contributed by atoms with E-state index in [2.05, 4.69) is 44.5 Å². The van der Waals surface area contributed by atoms with Gasteiger partial charge in [0.2, 0.25) is 5.82 Å². The van der Waals surface area contributed by atoms with Gasteiger partial charge in [-0.15, -0.1) is 0 Å². The van der Waals surface area contributed by atoms with Gasteiger partial charge in [0.05, 0.1) is 26.1 Å². The molecule has 10 heteroatoms. The average Bonchev–Trinajstić information content (AvgIpc) is 3.61. The van der Waals surface area contributed by atoms with Gasteiger partial charge in [0.25, 0.3) is 0 Å². The Morgan fingerprint density at radius 2 is 1.72 bits per heavy atom. The fourth-order valence-electron chi connectivity index (χ4n) is 4.68. The molecule has 0 saturated carbocycles. The summed E-state index contributed by atoms with van der Waals surface area (Å²) in [6.45, 7) is 2.47. The third-order valence-corrected chi connectivity index (χ3v) is 6.56. The van der Waals surface area contributed by atoms with Crippen LogP contribution in [0.3, 0.4) is 0 Å². The molecule has 1 N–H and O–H groups in total. The quantitative estimate of drug-likeness (QED) is 0.239. The number of fused-ring (bicyclic) bond motifs is 1. The summed E-state index contributed by atoms with van der Waals surface area (Å²) in [6, 6.07) is 20.2. The molecular weight excluding hydrogens is 498 g/mol. The van der Waals surface area contributed by atoms with E-state index in [9.17, 15) is 9.59 Å². The summed E-state index contributed by atoms with van der Waals surface area (Å²) < 4.78 is 17.0. The normalized spacial score (nSPS) is 16.4. The number of allylic oxidation sites excluding steroid dienone is 1. The van der Waals surface area contributed by atoms with E-state index in [-0.39, 0.29) is 24.4 Å². The van der Waals surface area contributed by atoms with Crippen molar-refractivity contribution in [2.24, 2.45) is 0 Å². The Balaban J connectivity index is 1.45. The van der Waals surface area contributed by atoms with Crippen molar-refractivity contribution in [3.8, 4) is 0 Å². The smallest absolute Gasteiger partial charge is 0.463 e. The molecule has 10 nitrogen and oxygen atoms in total. The number of nitrogens with one attached hydrogen (secondary N) is 1. The zero-order valence-corrected chi connectivity index (χ0v) is 21.7. The maximum Gasteiger partial charge on any atom is 0.508 e. The van der Waals surface area contributed by atoms with E-state index in [1.165, 1.54) is 7.11 Å². The molecule has 0 fully saturated rings. The number of methoxy groups -OCH3 is 1. The van der Waals surface area contributed by atoms with Crippen LogP contribution in [0.5, 0.6) is 0 Å². The molecule has 5 rings (SSSR count). The van der Waals surface area contributed by atoms with Gasteiger partial charge in [-0.05, 0) is 24.1 Å². The topological polar surface area (TPSA) is 117 Å². The Morgan fingerprint density at radius 1 is 1.03 bits per heavy atom. The molecule has 2 aromatic heterocycles. The number of nitrogens with zero attached hydrogens (tertiary/aromatic N) is 4. The number of aromatic nitrogens is 4.